The van der Waals surface area contributed by atoms with Crippen LogP contribution in [0.15, 0.2) is 66.7 Å². The number of ether oxygens (including phenoxy) is 2. The number of nitrogens with zero attached hydrogens (tertiary/aromatic N) is 2. The Bertz CT molecular complexity index is 1320. The number of nitrogens with one attached hydrogen (secondary N) is 2. The fourth-order valence-corrected chi connectivity index (χ4v) is 4.27. The van der Waals surface area contributed by atoms with Crippen molar-refractivity contribution in [3.63, 3.8) is 0 Å². The zero-order chi connectivity index (χ0) is 27.8. The van der Waals surface area contributed by atoms with Crippen LogP contribution in [-0.4, -0.2) is 69.6 Å². The molecule has 11 heteroatoms. The number of carboxylic acids is 1. The molecule has 0 aromatic heterocycles. The second-order valence-electron chi connectivity index (χ2n) is 9.17. The van der Waals surface area contributed by atoms with Crippen molar-refractivity contribution < 1.29 is 29.0 Å². The Balaban J connectivity index is 0.00000441. The van der Waals surface area contributed by atoms with E-state index in [0.717, 1.165) is 38.3 Å². The number of likely N-dealkylation sites (N-methyl/N-ethyl adjacent to an activating group) is 1. The van der Waals surface area contributed by atoms with Crippen molar-refractivity contribution in [3.8, 4) is 11.5 Å². The maximum absolute atomic E-state index is 13.2. The minimum atomic E-state index is -1.42. The Hall–Kier alpha value is -4.28. The van der Waals surface area contributed by atoms with Crippen LogP contribution >= 0.6 is 12.4 Å². The van der Waals surface area contributed by atoms with Crippen LogP contribution in [0.2, 0.25) is 0 Å². The number of halogens is 1. The zero-order valence-corrected chi connectivity index (χ0v) is 23.2. The van der Waals surface area contributed by atoms with Crippen LogP contribution in [0.5, 0.6) is 11.5 Å². The number of anilines is 3. The van der Waals surface area contributed by atoms with Crippen LogP contribution in [0.1, 0.15) is 27.1 Å². The molecule has 4 rings (SSSR count). The number of hydrogen-bond donors (Lipinski definition) is 2. The Labute approximate surface area is 239 Å². The van der Waals surface area contributed by atoms with E-state index in [9.17, 15) is 19.5 Å². The molecule has 1 aliphatic heterocycles. The molecular formula is C29H32ClN4O6-. The lowest BCUT2D eigenvalue weighted by molar-refractivity contribution is -0.307. The van der Waals surface area contributed by atoms with E-state index in [1.165, 1.54) is 13.2 Å². The highest BCUT2D eigenvalue weighted by molar-refractivity contribution is 6.11. The molecule has 1 aliphatic rings. The Morgan fingerprint density at radius 3 is 2.15 bits per heavy atom. The van der Waals surface area contributed by atoms with Gasteiger partial charge in [-0.25, -0.2) is 0 Å². The van der Waals surface area contributed by atoms with Gasteiger partial charge in [-0.2, -0.15) is 0 Å². The van der Waals surface area contributed by atoms with Crippen LogP contribution in [0.25, 0.3) is 0 Å². The van der Waals surface area contributed by atoms with Crippen molar-refractivity contribution in [2.45, 2.75) is 6.42 Å². The van der Waals surface area contributed by atoms with E-state index in [-0.39, 0.29) is 29.5 Å². The summed E-state index contributed by atoms with van der Waals surface area (Å²) in [4.78, 5) is 41.8. The Kier molecular flexibility index (Phi) is 10.7. The van der Waals surface area contributed by atoms with E-state index in [1.54, 1.807) is 48.5 Å². The number of carbonyl (C=O) groups excluding carboxylic acids is 3. The summed E-state index contributed by atoms with van der Waals surface area (Å²) < 4.78 is 10.5. The van der Waals surface area contributed by atoms with Crippen molar-refractivity contribution in [2.75, 3.05) is 62.5 Å². The molecule has 0 bridgehead atoms. The molecule has 0 aliphatic carbocycles. The predicted octanol–water partition coefficient (Wildman–Crippen LogP) is 2.89. The molecule has 1 heterocycles. The molecule has 40 heavy (non-hydrogen) atoms. The minimum absolute atomic E-state index is 0. The molecule has 3 aromatic rings. The Morgan fingerprint density at radius 2 is 1.50 bits per heavy atom. The molecule has 212 valence electrons. The van der Waals surface area contributed by atoms with Crippen molar-refractivity contribution in [3.05, 3.63) is 77.9 Å². The molecule has 2 N–H and O–H groups in total. The van der Waals surface area contributed by atoms with Gasteiger partial charge >= 0.3 is 0 Å². The molecular weight excluding hydrogens is 536 g/mol. The summed E-state index contributed by atoms with van der Waals surface area (Å²) in [6.45, 7) is 3.14. The number of carbonyl (C=O) groups is 3. The highest BCUT2D eigenvalue weighted by Crippen LogP contribution is 2.34. The third-order valence-electron chi connectivity index (χ3n) is 6.42. The SMILES string of the molecule is COc1ccc(C(=O)Nc2cccc(OCC(=O)[O-])c2NC(=O)c2ccc(N3CCCN(C)CC3)cc2)cc1.Cl. The number of hydrogen-bond acceptors (Lipinski definition) is 8. The van der Waals surface area contributed by atoms with Gasteiger partial charge < -0.3 is 39.8 Å². The van der Waals surface area contributed by atoms with Crippen molar-refractivity contribution in [1.82, 2.24) is 4.90 Å². The van der Waals surface area contributed by atoms with Gasteiger partial charge in [0.25, 0.3) is 11.8 Å². The van der Waals surface area contributed by atoms with E-state index >= 15 is 0 Å². The first-order valence-electron chi connectivity index (χ1n) is 12.6. The standard InChI is InChI=1S/C29H32N4O6.ClH/c1-32-15-4-16-33(18-17-32)22-11-7-20(8-12-22)29(37)31-27-24(5-3-6-25(27)39-19-26(34)35)30-28(36)21-9-13-23(38-2)14-10-21;/h3,5-14H,4,15-19H2,1-2H3,(H,30,36)(H,31,37)(H,34,35);1H/p-1. The second kappa shape index (κ2) is 14.2. The third kappa shape index (κ3) is 7.87. The number of rotatable bonds is 9. The van der Waals surface area contributed by atoms with E-state index in [0.29, 0.717) is 16.9 Å². The summed E-state index contributed by atoms with van der Waals surface area (Å²) in [5, 5.41) is 16.6. The van der Waals surface area contributed by atoms with Gasteiger partial charge in [-0.05, 0) is 80.7 Å². The quantitative estimate of drug-likeness (QED) is 0.405. The molecule has 1 saturated heterocycles. The summed E-state index contributed by atoms with van der Waals surface area (Å²) >= 11 is 0. The maximum atomic E-state index is 13.2. The molecule has 3 aromatic carbocycles. The molecule has 0 unspecified atom stereocenters. The predicted molar refractivity (Wildman–Crippen MR) is 154 cm³/mol. The number of aliphatic carboxylic acids is 1. The van der Waals surface area contributed by atoms with Gasteiger partial charge in [0.1, 0.15) is 23.8 Å². The molecule has 0 spiro atoms. The number of carboxylic acid groups (broad SMARTS) is 1. The average Bonchev–Trinajstić information content (AvgIpc) is 3.17. The number of para-hydroxylation sites is 1. The average molecular weight is 568 g/mol. The fourth-order valence-electron chi connectivity index (χ4n) is 4.27. The number of benzene rings is 3. The van der Waals surface area contributed by atoms with Crippen LogP contribution < -0.4 is 30.1 Å². The van der Waals surface area contributed by atoms with E-state index in [1.807, 2.05) is 12.1 Å². The number of amides is 2. The summed E-state index contributed by atoms with van der Waals surface area (Å²) in [7, 11) is 3.64. The monoisotopic (exact) mass is 567 g/mol. The van der Waals surface area contributed by atoms with Crippen LogP contribution in [0.3, 0.4) is 0 Å². The fraction of sp³-hybridized carbons (Fsp3) is 0.276. The first kappa shape index (κ1) is 30.3. The van der Waals surface area contributed by atoms with Gasteiger partial charge in [0, 0.05) is 36.4 Å². The van der Waals surface area contributed by atoms with Crippen molar-refractivity contribution >= 4 is 47.3 Å². The van der Waals surface area contributed by atoms with Gasteiger partial charge in [-0.15, -0.1) is 12.4 Å². The van der Waals surface area contributed by atoms with Crippen molar-refractivity contribution in [1.29, 1.82) is 0 Å². The highest BCUT2D eigenvalue weighted by atomic mass is 35.5. The Morgan fingerprint density at radius 1 is 0.850 bits per heavy atom. The van der Waals surface area contributed by atoms with Gasteiger partial charge in [0.15, 0.2) is 0 Å². The second-order valence-corrected chi connectivity index (χ2v) is 9.17. The molecule has 0 atom stereocenters. The first-order chi connectivity index (χ1) is 18.8. The van der Waals surface area contributed by atoms with Crippen LogP contribution in [0.4, 0.5) is 17.1 Å². The normalized spacial score (nSPS) is 13.4. The summed E-state index contributed by atoms with van der Waals surface area (Å²) in [5.74, 6) is -1.62. The van der Waals surface area contributed by atoms with Crippen LogP contribution in [-0.2, 0) is 4.79 Å². The molecule has 0 radical (unpaired) electrons. The molecule has 2 amide bonds. The summed E-state index contributed by atoms with van der Waals surface area (Å²) in [6.07, 6.45) is 1.06. The largest absolute Gasteiger partial charge is 0.546 e. The van der Waals surface area contributed by atoms with Gasteiger partial charge in [0.2, 0.25) is 0 Å². The highest BCUT2D eigenvalue weighted by Gasteiger charge is 2.18. The lowest BCUT2D eigenvalue weighted by Gasteiger charge is -2.23. The van der Waals surface area contributed by atoms with Crippen LogP contribution in [0, 0.1) is 0 Å². The van der Waals surface area contributed by atoms with E-state index < -0.39 is 24.4 Å². The van der Waals surface area contributed by atoms with E-state index in [4.69, 9.17) is 9.47 Å². The topological polar surface area (TPSA) is 123 Å². The number of methoxy groups -OCH3 is 1. The smallest absolute Gasteiger partial charge is 0.255 e. The molecule has 10 nitrogen and oxygen atoms in total. The van der Waals surface area contributed by atoms with Crippen molar-refractivity contribution in [2.24, 2.45) is 0 Å². The zero-order valence-electron chi connectivity index (χ0n) is 22.3. The minimum Gasteiger partial charge on any atom is -0.546 e. The van der Waals surface area contributed by atoms with Gasteiger partial charge in [0.05, 0.1) is 18.8 Å². The maximum Gasteiger partial charge on any atom is 0.255 e. The first-order valence-corrected chi connectivity index (χ1v) is 12.6. The summed E-state index contributed by atoms with van der Waals surface area (Å²) in [5.41, 5.74) is 2.17. The lowest BCUT2D eigenvalue weighted by Crippen LogP contribution is -2.29. The van der Waals surface area contributed by atoms with Gasteiger partial charge in [-0.3, -0.25) is 9.59 Å². The molecule has 0 saturated carbocycles. The third-order valence-corrected chi connectivity index (χ3v) is 6.42. The van der Waals surface area contributed by atoms with E-state index in [2.05, 4.69) is 27.5 Å². The molecule has 1 fully saturated rings. The summed E-state index contributed by atoms with van der Waals surface area (Å²) in [6, 6.07) is 18.5. The lowest BCUT2D eigenvalue weighted by atomic mass is 10.1. The van der Waals surface area contributed by atoms with Gasteiger partial charge in [-0.1, -0.05) is 6.07 Å².